The SMILES string of the molecule is Cc1ccc(C)c(COc2cccc(C=NNc3ccc(C(F)(F)F)cc3)c2)c1. The molecule has 0 fully saturated rings. The van der Waals surface area contributed by atoms with Gasteiger partial charge in [0.25, 0.3) is 0 Å². The van der Waals surface area contributed by atoms with E-state index in [9.17, 15) is 13.2 Å². The van der Waals surface area contributed by atoms with Gasteiger partial charge in [-0.25, -0.2) is 0 Å². The van der Waals surface area contributed by atoms with Gasteiger partial charge in [0, 0.05) is 0 Å². The van der Waals surface area contributed by atoms with Crippen molar-refractivity contribution in [3.05, 3.63) is 94.5 Å². The summed E-state index contributed by atoms with van der Waals surface area (Å²) >= 11 is 0. The molecule has 0 aromatic heterocycles. The van der Waals surface area contributed by atoms with Gasteiger partial charge in [-0.3, -0.25) is 5.43 Å². The van der Waals surface area contributed by atoms with E-state index in [1.807, 2.05) is 38.1 Å². The molecule has 150 valence electrons. The zero-order valence-corrected chi connectivity index (χ0v) is 16.1. The Morgan fingerprint density at radius 2 is 1.72 bits per heavy atom. The molecule has 3 aromatic carbocycles. The number of aryl methyl sites for hydroxylation is 2. The van der Waals surface area contributed by atoms with Crippen molar-refractivity contribution < 1.29 is 17.9 Å². The van der Waals surface area contributed by atoms with Crippen molar-refractivity contribution in [1.29, 1.82) is 0 Å². The number of ether oxygens (including phenoxy) is 1. The summed E-state index contributed by atoms with van der Waals surface area (Å²) in [6, 6.07) is 18.4. The highest BCUT2D eigenvalue weighted by Crippen LogP contribution is 2.29. The molecule has 0 spiro atoms. The van der Waals surface area contributed by atoms with Gasteiger partial charge in [-0.2, -0.15) is 18.3 Å². The van der Waals surface area contributed by atoms with Gasteiger partial charge in [-0.1, -0.05) is 35.9 Å². The van der Waals surface area contributed by atoms with Crippen LogP contribution in [0.1, 0.15) is 27.8 Å². The maximum Gasteiger partial charge on any atom is 0.416 e. The lowest BCUT2D eigenvalue weighted by molar-refractivity contribution is -0.137. The summed E-state index contributed by atoms with van der Waals surface area (Å²) in [7, 11) is 0. The molecular weight excluding hydrogens is 377 g/mol. The fourth-order valence-electron chi connectivity index (χ4n) is 2.72. The number of hydrazone groups is 1. The third kappa shape index (κ3) is 5.85. The molecule has 3 nitrogen and oxygen atoms in total. The zero-order chi connectivity index (χ0) is 20.9. The van der Waals surface area contributed by atoms with E-state index in [-0.39, 0.29) is 0 Å². The van der Waals surface area contributed by atoms with Crippen molar-refractivity contribution in [1.82, 2.24) is 0 Å². The molecule has 6 heteroatoms. The minimum Gasteiger partial charge on any atom is -0.489 e. The lowest BCUT2D eigenvalue weighted by Gasteiger charge is -2.10. The highest BCUT2D eigenvalue weighted by atomic mass is 19.4. The molecule has 0 aliphatic heterocycles. The van der Waals surface area contributed by atoms with Gasteiger partial charge in [0.2, 0.25) is 0 Å². The first kappa shape index (κ1) is 20.5. The van der Waals surface area contributed by atoms with Gasteiger partial charge in [-0.15, -0.1) is 0 Å². The molecule has 0 saturated heterocycles. The number of halogens is 3. The first-order valence-corrected chi connectivity index (χ1v) is 9.06. The molecule has 0 heterocycles. The smallest absolute Gasteiger partial charge is 0.416 e. The number of alkyl halides is 3. The molecule has 0 atom stereocenters. The van der Waals surface area contributed by atoms with Crippen LogP contribution in [-0.4, -0.2) is 6.21 Å². The van der Waals surface area contributed by atoms with Crippen molar-refractivity contribution in [3.63, 3.8) is 0 Å². The van der Waals surface area contributed by atoms with E-state index < -0.39 is 11.7 Å². The van der Waals surface area contributed by atoms with Gasteiger partial charge >= 0.3 is 6.18 Å². The van der Waals surface area contributed by atoms with E-state index >= 15 is 0 Å². The van der Waals surface area contributed by atoms with Crippen LogP contribution >= 0.6 is 0 Å². The molecule has 29 heavy (non-hydrogen) atoms. The summed E-state index contributed by atoms with van der Waals surface area (Å²) in [5.74, 6) is 0.712. The molecule has 0 unspecified atom stereocenters. The molecule has 0 radical (unpaired) electrons. The van der Waals surface area contributed by atoms with Crippen molar-refractivity contribution in [3.8, 4) is 5.75 Å². The number of benzene rings is 3. The Morgan fingerprint density at radius 3 is 2.45 bits per heavy atom. The standard InChI is InChI=1S/C23H21F3N2O/c1-16-6-7-17(2)19(12-16)15-29-22-5-3-4-18(13-22)14-27-28-21-10-8-20(9-11-21)23(24,25)26/h3-14,28H,15H2,1-2H3. The minimum atomic E-state index is -4.35. The number of rotatable bonds is 6. The number of nitrogens with zero attached hydrogens (tertiary/aromatic N) is 1. The summed E-state index contributed by atoms with van der Waals surface area (Å²) in [6.45, 7) is 4.57. The first-order chi connectivity index (χ1) is 13.8. The molecule has 0 aliphatic rings. The van der Waals surface area contributed by atoms with E-state index in [0.29, 0.717) is 18.0 Å². The Kier molecular flexibility index (Phi) is 6.22. The third-order valence-corrected chi connectivity index (χ3v) is 4.38. The van der Waals surface area contributed by atoms with Crippen LogP contribution in [-0.2, 0) is 12.8 Å². The van der Waals surface area contributed by atoms with E-state index in [4.69, 9.17) is 4.74 Å². The average molecular weight is 398 g/mol. The molecule has 3 rings (SSSR count). The van der Waals surface area contributed by atoms with Crippen LogP contribution in [0.5, 0.6) is 5.75 Å². The fourth-order valence-corrected chi connectivity index (χ4v) is 2.72. The van der Waals surface area contributed by atoms with E-state index in [1.54, 1.807) is 6.21 Å². The van der Waals surface area contributed by atoms with Crippen LogP contribution in [0.3, 0.4) is 0 Å². The highest BCUT2D eigenvalue weighted by molar-refractivity contribution is 5.80. The van der Waals surface area contributed by atoms with Crippen molar-refractivity contribution >= 4 is 11.9 Å². The van der Waals surface area contributed by atoms with Crippen LogP contribution in [0.25, 0.3) is 0 Å². The highest BCUT2D eigenvalue weighted by Gasteiger charge is 2.29. The monoisotopic (exact) mass is 398 g/mol. The van der Waals surface area contributed by atoms with Gasteiger partial charge in [-0.05, 0) is 66.9 Å². The molecule has 1 N–H and O–H groups in total. The normalized spacial score (nSPS) is 11.6. The fraction of sp³-hybridized carbons (Fsp3) is 0.174. The number of nitrogens with one attached hydrogen (secondary N) is 1. The Labute approximate surface area is 167 Å². The second kappa shape index (κ2) is 8.82. The first-order valence-electron chi connectivity index (χ1n) is 9.06. The topological polar surface area (TPSA) is 33.6 Å². The van der Waals surface area contributed by atoms with Crippen LogP contribution < -0.4 is 10.2 Å². The largest absolute Gasteiger partial charge is 0.489 e. The minimum absolute atomic E-state index is 0.469. The van der Waals surface area contributed by atoms with Gasteiger partial charge in [0.1, 0.15) is 12.4 Å². The number of hydrogen-bond donors (Lipinski definition) is 1. The molecule has 0 saturated carbocycles. The van der Waals surface area contributed by atoms with Crippen molar-refractivity contribution in [2.24, 2.45) is 5.10 Å². The summed E-state index contributed by atoms with van der Waals surface area (Å²) in [5.41, 5.74) is 6.80. The van der Waals surface area contributed by atoms with Crippen molar-refractivity contribution in [2.45, 2.75) is 26.6 Å². The van der Waals surface area contributed by atoms with Crippen LogP contribution in [0.15, 0.2) is 71.8 Å². The second-order valence-corrected chi connectivity index (χ2v) is 6.74. The maximum atomic E-state index is 12.6. The van der Waals surface area contributed by atoms with E-state index in [1.165, 1.54) is 23.3 Å². The van der Waals surface area contributed by atoms with Crippen LogP contribution in [0, 0.1) is 13.8 Å². The number of hydrogen-bond acceptors (Lipinski definition) is 3. The predicted molar refractivity (Wildman–Crippen MR) is 109 cm³/mol. The lowest BCUT2D eigenvalue weighted by Crippen LogP contribution is -2.04. The van der Waals surface area contributed by atoms with Gasteiger partial charge in [0.15, 0.2) is 0 Å². The second-order valence-electron chi connectivity index (χ2n) is 6.74. The molecule has 3 aromatic rings. The summed E-state index contributed by atoms with van der Waals surface area (Å²) in [4.78, 5) is 0. The van der Waals surface area contributed by atoms with E-state index in [0.717, 1.165) is 23.3 Å². The Morgan fingerprint density at radius 1 is 0.966 bits per heavy atom. The Hall–Kier alpha value is -3.28. The van der Waals surface area contributed by atoms with Gasteiger partial charge in [0.05, 0.1) is 17.5 Å². The van der Waals surface area contributed by atoms with Crippen LogP contribution in [0.2, 0.25) is 0 Å². The number of anilines is 1. The molecule has 0 aliphatic carbocycles. The molecule has 0 amide bonds. The Balaban J connectivity index is 1.60. The summed E-state index contributed by atoms with van der Waals surface area (Å²) < 4.78 is 43.6. The molecular formula is C23H21F3N2O. The van der Waals surface area contributed by atoms with Crippen molar-refractivity contribution in [2.75, 3.05) is 5.43 Å². The maximum absolute atomic E-state index is 12.6. The quantitative estimate of drug-likeness (QED) is 0.388. The zero-order valence-electron chi connectivity index (χ0n) is 16.1. The van der Waals surface area contributed by atoms with Crippen LogP contribution in [0.4, 0.5) is 18.9 Å². The van der Waals surface area contributed by atoms with Gasteiger partial charge < -0.3 is 4.74 Å². The third-order valence-electron chi connectivity index (χ3n) is 4.38. The van der Waals surface area contributed by atoms with E-state index in [2.05, 4.69) is 28.7 Å². The Bertz CT molecular complexity index is 996. The predicted octanol–water partition coefficient (Wildman–Crippen LogP) is 6.35. The summed E-state index contributed by atoms with van der Waals surface area (Å²) in [6.07, 6.45) is -2.76. The molecule has 0 bridgehead atoms. The lowest BCUT2D eigenvalue weighted by atomic mass is 10.1. The summed E-state index contributed by atoms with van der Waals surface area (Å²) in [5, 5.41) is 4.08. The average Bonchev–Trinajstić information content (AvgIpc) is 2.69.